The van der Waals surface area contributed by atoms with Crippen LogP contribution in [0.3, 0.4) is 0 Å². The van der Waals surface area contributed by atoms with Gasteiger partial charge in [0.15, 0.2) is 0 Å². The molecule has 1 aliphatic rings. The average molecular weight is 287 g/mol. The normalized spacial score (nSPS) is 24.3. The highest BCUT2D eigenvalue weighted by molar-refractivity contribution is 6.42. The molecule has 18 heavy (non-hydrogen) atoms. The Balaban J connectivity index is 2.08. The van der Waals surface area contributed by atoms with Crippen LogP contribution in [0.1, 0.15) is 24.9 Å². The molecule has 0 heterocycles. The van der Waals surface area contributed by atoms with Crippen LogP contribution in [0.5, 0.6) is 0 Å². The summed E-state index contributed by atoms with van der Waals surface area (Å²) in [5, 5.41) is 1.19. The van der Waals surface area contributed by atoms with Crippen LogP contribution in [-0.2, 0) is 0 Å². The molecule has 0 bridgehead atoms. The minimum Gasteiger partial charge on any atom is -0.329 e. The van der Waals surface area contributed by atoms with E-state index in [4.69, 9.17) is 28.9 Å². The van der Waals surface area contributed by atoms with Crippen LogP contribution in [0.4, 0.5) is 0 Å². The smallest absolute Gasteiger partial charge is 0.0595 e. The average Bonchev–Trinajstić information content (AvgIpc) is 3.00. The first-order chi connectivity index (χ1) is 8.52. The van der Waals surface area contributed by atoms with Gasteiger partial charge in [0.1, 0.15) is 0 Å². The Bertz CT molecular complexity index is 422. The van der Waals surface area contributed by atoms with Gasteiger partial charge in [0.25, 0.3) is 0 Å². The summed E-state index contributed by atoms with van der Waals surface area (Å²) in [6.07, 6.45) is 1.34. The fraction of sp³-hybridized carbons (Fsp3) is 0.571. The number of benzene rings is 1. The van der Waals surface area contributed by atoms with Crippen molar-refractivity contribution in [3.63, 3.8) is 0 Å². The summed E-state index contributed by atoms with van der Waals surface area (Å²) in [5.74, 6) is 1.69. The summed E-state index contributed by atoms with van der Waals surface area (Å²) >= 11 is 12.0. The molecule has 100 valence electrons. The molecule has 1 aromatic carbocycles. The van der Waals surface area contributed by atoms with E-state index in [0.29, 0.717) is 16.6 Å². The SMILES string of the molecule is CC1CC1CN(C)C(CN)c1ccc(Cl)c(Cl)c1. The van der Waals surface area contributed by atoms with Crippen molar-refractivity contribution in [2.75, 3.05) is 20.1 Å². The van der Waals surface area contributed by atoms with E-state index in [1.807, 2.05) is 18.2 Å². The number of nitrogens with two attached hydrogens (primary N) is 1. The zero-order chi connectivity index (χ0) is 13.3. The van der Waals surface area contributed by atoms with Crippen LogP contribution >= 0.6 is 23.2 Å². The number of likely N-dealkylation sites (N-methyl/N-ethyl adjacent to an activating group) is 1. The molecule has 4 heteroatoms. The van der Waals surface area contributed by atoms with Crippen LogP contribution < -0.4 is 5.73 Å². The molecular formula is C14H20Cl2N2. The number of nitrogens with zero attached hydrogens (tertiary/aromatic N) is 1. The van der Waals surface area contributed by atoms with Crippen LogP contribution in [0.2, 0.25) is 10.0 Å². The third kappa shape index (κ3) is 3.18. The van der Waals surface area contributed by atoms with Crippen molar-refractivity contribution in [2.45, 2.75) is 19.4 Å². The number of hydrogen-bond donors (Lipinski definition) is 1. The predicted molar refractivity (Wildman–Crippen MR) is 78.2 cm³/mol. The van der Waals surface area contributed by atoms with Crippen molar-refractivity contribution in [2.24, 2.45) is 17.6 Å². The summed E-state index contributed by atoms with van der Waals surface area (Å²) < 4.78 is 0. The van der Waals surface area contributed by atoms with Crippen LogP contribution in [-0.4, -0.2) is 25.0 Å². The van der Waals surface area contributed by atoms with Crippen molar-refractivity contribution in [1.29, 1.82) is 0 Å². The van der Waals surface area contributed by atoms with E-state index in [-0.39, 0.29) is 6.04 Å². The summed E-state index contributed by atoms with van der Waals surface area (Å²) in [6, 6.07) is 6.00. The molecule has 0 spiro atoms. The molecule has 0 radical (unpaired) electrons. The first-order valence-electron chi connectivity index (χ1n) is 6.38. The molecule has 1 aliphatic carbocycles. The highest BCUT2D eigenvalue weighted by Crippen LogP contribution is 2.39. The molecule has 0 saturated heterocycles. The molecule has 2 rings (SSSR count). The van der Waals surface area contributed by atoms with Gasteiger partial charge in [-0.1, -0.05) is 36.2 Å². The maximum atomic E-state index is 6.07. The van der Waals surface area contributed by atoms with E-state index >= 15 is 0 Å². The third-order valence-electron chi connectivity index (χ3n) is 3.88. The topological polar surface area (TPSA) is 29.3 Å². The quantitative estimate of drug-likeness (QED) is 0.897. The Kier molecular flexibility index (Phi) is 4.54. The van der Waals surface area contributed by atoms with Gasteiger partial charge in [-0.2, -0.15) is 0 Å². The first kappa shape index (κ1) is 14.1. The highest BCUT2D eigenvalue weighted by atomic mass is 35.5. The lowest BCUT2D eigenvalue weighted by molar-refractivity contribution is 0.237. The molecule has 3 atom stereocenters. The molecule has 0 aromatic heterocycles. The van der Waals surface area contributed by atoms with Gasteiger partial charge >= 0.3 is 0 Å². The summed E-state index contributed by atoms with van der Waals surface area (Å²) in [5.41, 5.74) is 7.05. The second-order valence-electron chi connectivity index (χ2n) is 5.34. The van der Waals surface area contributed by atoms with E-state index in [0.717, 1.165) is 23.9 Å². The first-order valence-corrected chi connectivity index (χ1v) is 7.13. The standard InChI is InChI=1S/C14H20Cl2N2/c1-9-5-11(9)8-18(2)14(7-17)10-3-4-12(15)13(16)6-10/h3-4,6,9,11,14H,5,7-8,17H2,1-2H3. The third-order valence-corrected chi connectivity index (χ3v) is 4.62. The molecule has 2 nitrogen and oxygen atoms in total. The van der Waals surface area contributed by atoms with E-state index in [1.165, 1.54) is 6.42 Å². The monoisotopic (exact) mass is 286 g/mol. The number of rotatable bonds is 5. The van der Waals surface area contributed by atoms with Gasteiger partial charge in [-0.15, -0.1) is 0 Å². The zero-order valence-corrected chi connectivity index (χ0v) is 12.4. The molecule has 3 unspecified atom stereocenters. The summed E-state index contributed by atoms with van der Waals surface area (Å²) in [7, 11) is 2.13. The molecule has 1 saturated carbocycles. The Morgan fingerprint density at radius 1 is 1.39 bits per heavy atom. The van der Waals surface area contributed by atoms with Gasteiger partial charge in [-0.25, -0.2) is 0 Å². The molecule has 1 fully saturated rings. The van der Waals surface area contributed by atoms with Crippen molar-refractivity contribution < 1.29 is 0 Å². The maximum Gasteiger partial charge on any atom is 0.0595 e. The van der Waals surface area contributed by atoms with Gasteiger partial charge in [0.05, 0.1) is 10.0 Å². The minimum atomic E-state index is 0.215. The summed E-state index contributed by atoms with van der Waals surface area (Å²) in [4.78, 5) is 2.33. The van der Waals surface area contributed by atoms with Gasteiger partial charge in [0, 0.05) is 19.1 Å². The Morgan fingerprint density at radius 3 is 2.56 bits per heavy atom. The lowest BCUT2D eigenvalue weighted by Gasteiger charge is -2.27. The molecule has 1 aromatic rings. The maximum absolute atomic E-state index is 6.07. The second-order valence-corrected chi connectivity index (χ2v) is 6.15. The summed E-state index contributed by atoms with van der Waals surface area (Å²) in [6.45, 7) is 3.99. The highest BCUT2D eigenvalue weighted by Gasteiger charge is 2.34. The Hall–Kier alpha value is -0.280. The molecular weight excluding hydrogens is 267 g/mol. The van der Waals surface area contributed by atoms with Crippen LogP contribution in [0.15, 0.2) is 18.2 Å². The Labute approximate surface area is 119 Å². The predicted octanol–water partition coefficient (Wildman–Crippen LogP) is 3.58. The van der Waals surface area contributed by atoms with Crippen molar-refractivity contribution in [3.05, 3.63) is 33.8 Å². The number of halogens is 2. The zero-order valence-electron chi connectivity index (χ0n) is 10.9. The fourth-order valence-corrected chi connectivity index (χ4v) is 2.75. The van der Waals surface area contributed by atoms with E-state index < -0.39 is 0 Å². The van der Waals surface area contributed by atoms with Crippen molar-refractivity contribution in [3.8, 4) is 0 Å². The van der Waals surface area contributed by atoms with Gasteiger partial charge < -0.3 is 5.73 Å². The van der Waals surface area contributed by atoms with Crippen molar-refractivity contribution >= 4 is 23.2 Å². The van der Waals surface area contributed by atoms with Crippen LogP contribution in [0.25, 0.3) is 0 Å². The van der Waals surface area contributed by atoms with Crippen molar-refractivity contribution in [1.82, 2.24) is 4.90 Å². The largest absolute Gasteiger partial charge is 0.329 e. The van der Waals surface area contributed by atoms with Gasteiger partial charge in [-0.3, -0.25) is 4.90 Å². The van der Waals surface area contributed by atoms with E-state index in [9.17, 15) is 0 Å². The molecule has 0 aliphatic heterocycles. The number of hydrogen-bond acceptors (Lipinski definition) is 2. The van der Waals surface area contributed by atoms with Gasteiger partial charge in [0.2, 0.25) is 0 Å². The second kappa shape index (κ2) is 5.79. The fourth-order valence-electron chi connectivity index (χ4n) is 2.44. The van der Waals surface area contributed by atoms with Crippen LogP contribution in [0, 0.1) is 11.8 Å². The minimum absolute atomic E-state index is 0.215. The lowest BCUT2D eigenvalue weighted by atomic mass is 10.1. The van der Waals surface area contributed by atoms with Gasteiger partial charge in [-0.05, 0) is 43.0 Å². The Morgan fingerprint density at radius 2 is 2.06 bits per heavy atom. The molecule has 0 amide bonds. The van der Waals surface area contributed by atoms with E-state index in [2.05, 4.69) is 18.9 Å². The lowest BCUT2D eigenvalue weighted by Crippen LogP contribution is -2.32. The van der Waals surface area contributed by atoms with E-state index in [1.54, 1.807) is 0 Å². The molecule has 2 N–H and O–H groups in total.